The van der Waals surface area contributed by atoms with E-state index in [0.29, 0.717) is 0 Å². The van der Waals surface area contributed by atoms with E-state index in [2.05, 4.69) is 4.72 Å². The Kier molecular flexibility index (Phi) is 3.89. The molecule has 0 bridgehead atoms. The summed E-state index contributed by atoms with van der Waals surface area (Å²) in [7, 11) is -7.07. The van der Waals surface area contributed by atoms with Crippen LogP contribution in [0.15, 0.2) is 16.5 Å². The minimum Gasteiger partial charge on any atom is -0.475 e. The summed E-state index contributed by atoms with van der Waals surface area (Å²) in [6.07, 6.45) is 0.0657. The average molecular weight is 323 g/mol. The van der Waals surface area contributed by atoms with Crippen LogP contribution in [0, 0.1) is 0 Å². The van der Waals surface area contributed by atoms with Crippen molar-refractivity contribution in [2.45, 2.75) is 18.2 Å². The summed E-state index contributed by atoms with van der Waals surface area (Å²) >= 11 is 0. The Bertz CT molecular complexity index is 717. The summed E-state index contributed by atoms with van der Waals surface area (Å²) in [5.74, 6) is -1.92. The Hall–Kier alpha value is -1.39. The first-order valence-corrected chi connectivity index (χ1v) is 9.07. The summed E-state index contributed by atoms with van der Waals surface area (Å²) in [4.78, 5) is 10.6. The number of carbonyl (C=O) groups is 1. The first-order valence-electron chi connectivity index (χ1n) is 5.70. The number of carboxylic acids is 1. The molecule has 0 radical (unpaired) electrons. The fourth-order valence-electron chi connectivity index (χ4n) is 1.88. The number of rotatable bonds is 5. The normalized spacial score (nSPS) is 21.9. The van der Waals surface area contributed by atoms with Crippen molar-refractivity contribution in [3.8, 4) is 0 Å². The topological polar surface area (TPSA) is 131 Å². The molecule has 2 N–H and O–H groups in total. The Balaban J connectivity index is 2.00. The molecule has 0 aromatic carbocycles. The lowest BCUT2D eigenvalue weighted by Gasteiger charge is -2.10. The number of sulfone groups is 1. The first kappa shape index (κ1) is 15.0. The predicted octanol–water partition coefficient (Wildman–Crippen LogP) is -0.416. The van der Waals surface area contributed by atoms with E-state index in [-0.39, 0.29) is 36.0 Å². The molecular formula is C10H13NO7S2. The Morgan fingerprint density at radius 2 is 2.15 bits per heavy atom. The minimum absolute atomic E-state index is 0.0657. The highest BCUT2D eigenvalue weighted by Gasteiger charge is 2.37. The van der Waals surface area contributed by atoms with Gasteiger partial charge in [0, 0.05) is 0 Å². The van der Waals surface area contributed by atoms with E-state index in [9.17, 15) is 21.6 Å². The van der Waals surface area contributed by atoms with Crippen LogP contribution >= 0.6 is 0 Å². The van der Waals surface area contributed by atoms with Crippen molar-refractivity contribution in [3.63, 3.8) is 0 Å². The van der Waals surface area contributed by atoms with E-state index in [1.165, 1.54) is 12.1 Å². The fourth-order valence-corrected chi connectivity index (χ4v) is 5.92. The zero-order valence-corrected chi connectivity index (χ0v) is 11.9. The van der Waals surface area contributed by atoms with E-state index >= 15 is 0 Å². The highest BCUT2D eigenvalue weighted by atomic mass is 32.2. The molecule has 1 saturated heterocycles. The number of hydrogen-bond acceptors (Lipinski definition) is 6. The maximum atomic E-state index is 11.9. The molecule has 2 heterocycles. The lowest BCUT2D eigenvalue weighted by Crippen LogP contribution is -2.34. The summed E-state index contributed by atoms with van der Waals surface area (Å²) in [6.45, 7) is -0.216. The average Bonchev–Trinajstić information content (AvgIpc) is 2.93. The minimum atomic E-state index is -3.78. The van der Waals surface area contributed by atoms with Crippen LogP contribution in [0.3, 0.4) is 0 Å². The maximum absolute atomic E-state index is 11.9. The zero-order chi connectivity index (χ0) is 15.0. The van der Waals surface area contributed by atoms with Crippen molar-refractivity contribution in [2.75, 3.05) is 11.5 Å². The van der Waals surface area contributed by atoms with Crippen LogP contribution in [0.2, 0.25) is 0 Å². The van der Waals surface area contributed by atoms with Crippen LogP contribution < -0.4 is 4.72 Å². The van der Waals surface area contributed by atoms with E-state index in [1.807, 2.05) is 0 Å². The van der Waals surface area contributed by atoms with Gasteiger partial charge in [0.1, 0.15) is 5.76 Å². The second-order valence-corrected chi connectivity index (χ2v) is 8.74. The van der Waals surface area contributed by atoms with E-state index in [0.717, 1.165) is 0 Å². The van der Waals surface area contributed by atoms with Crippen LogP contribution in [0.25, 0.3) is 0 Å². The molecule has 1 atom stereocenters. The van der Waals surface area contributed by atoms with Crippen molar-refractivity contribution >= 4 is 25.8 Å². The molecule has 112 valence electrons. The van der Waals surface area contributed by atoms with E-state index in [1.54, 1.807) is 0 Å². The van der Waals surface area contributed by atoms with Gasteiger partial charge in [0.2, 0.25) is 15.8 Å². The number of carboxylic acid groups (broad SMARTS) is 1. The van der Waals surface area contributed by atoms with Crippen molar-refractivity contribution in [3.05, 3.63) is 23.7 Å². The molecule has 2 rings (SSSR count). The lowest BCUT2D eigenvalue weighted by atomic mass is 10.4. The van der Waals surface area contributed by atoms with Gasteiger partial charge in [0.05, 0.1) is 23.3 Å². The van der Waals surface area contributed by atoms with Gasteiger partial charge in [-0.1, -0.05) is 0 Å². The monoisotopic (exact) mass is 323 g/mol. The van der Waals surface area contributed by atoms with Gasteiger partial charge in [-0.2, -0.15) is 0 Å². The third kappa shape index (κ3) is 3.38. The summed E-state index contributed by atoms with van der Waals surface area (Å²) in [5.41, 5.74) is 0. The summed E-state index contributed by atoms with van der Waals surface area (Å²) in [6, 6.07) is 2.56. The van der Waals surface area contributed by atoms with Crippen LogP contribution in [0.1, 0.15) is 22.7 Å². The zero-order valence-electron chi connectivity index (χ0n) is 10.3. The third-order valence-electron chi connectivity index (χ3n) is 2.95. The van der Waals surface area contributed by atoms with Crippen LogP contribution in [-0.2, 0) is 26.4 Å². The predicted molar refractivity (Wildman–Crippen MR) is 68.5 cm³/mol. The molecule has 1 aliphatic heterocycles. The summed E-state index contributed by atoms with van der Waals surface area (Å²) < 4.78 is 53.5. The standard InChI is InChI=1S/C10H13NO7S2/c12-10(13)9-2-1-7(18-9)5-11-20(16,17)8-3-4-19(14,15)6-8/h1-2,8,11H,3-6H2,(H,12,13). The number of hydrogen-bond donors (Lipinski definition) is 2. The quantitative estimate of drug-likeness (QED) is 0.752. The highest BCUT2D eigenvalue weighted by molar-refractivity contribution is 7.95. The SMILES string of the molecule is O=C(O)c1ccc(CNS(=O)(=O)C2CCS(=O)(=O)C2)o1. The second kappa shape index (κ2) is 5.19. The maximum Gasteiger partial charge on any atom is 0.371 e. The number of sulfonamides is 1. The van der Waals surface area contributed by atoms with Crippen LogP contribution in [0.5, 0.6) is 0 Å². The molecule has 20 heavy (non-hydrogen) atoms. The van der Waals surface area contributed by atoms with Gasteiger partial charge in [-0.3, -0.25) is 0 Å². The molecule has 1 aromatic rings. The smallest absolute Gasteiger partial charge is 0.371 e. The number of aromatic carboxylic acids is 1. The van der Waals surface area contributed by atoms with Crippen molar-refractivity contribution in [1.82, 2.24) is 4.72 Å². The molecule has 0 amide bonds. The molecule has 1 aliphatic rings. The highest BCUT2D eigenvalue weighted by Crippen LogP contribution is 2.18. The first-order chi connectivity index (χ1) is 9.20. The Morgan fingerprint density at radius 3 is 2.65 bits per heavy atom. The molecule has 0 aliphatic carbocycles. The largest absolute Gasteiger partial charge is 0.475 e. The van der Waals surface area contributed by atoms with Gasteiger partial charge in [-0.15, -0.1) is 0 Å². The van der Waals surface area contributed by atoms with Crippen LogP contribution in [0.4, 0.5) is 0 Å². The molecule has 1 unspecified atom stereocenters. The number of furan rings is 1. The molecule has 8 nitrogen and oxygen atoms in total. The van der Waals surface area contributed by atoms with Gasteiger partial charge in [-0.05, 0) is 18.6 Å². The van der Waals surface area contributed by atoms with Crippen molar-refractivity contribution < 1.29 is 31.2 Å². The fraction of sp³-hybridized carbons (Fsp3) is 0.500. The van der Waals surface area contributed by atoms with Gasteiger partial charge in [0.15, 0.2) is 9.84 Å². The van der Waals surface area contributed by atoms with E-state index in [4.69, 9.17) is 9.52 Å². The van der Waals surface area contributed by atoms with Gasteiger partial charge < -0.3 is 9.52 Å². The lowest BCUT2D eigenvalue weighted by molar-refractivity contribution is 0.0660. The molecular weight excluding hydrogens is 310 g/mol. The summed E-state index contributed by atoms with van der Waals surface area (Å²) in [5, 5.41) is 7.69. The molecule has 1 aromatic heterocycles. The Morgan fingerprint density at radius 1 is 1.45 bits per heavy atom. The van der Waals surface area contributed by atoms with Crippen molar-refractivity contribution in [1.29, 1.82) is 0 Å². The molecule has 0 spiro atoms. The molecule has 10 heteroatoms. The number of nitrogens with one attached hydrogen (secondary N) is 1. The van der Waals surface area contributed by atoms with Crippen molar-refractivity contribution in [2.24, 2.45) is 0 Å². The van der Waals surface area contributed by atoms with Gasteiger partial charge in [0.25, 0.3) is 0 Å². The van der Waals surface area contributed by atoms with Crippen LogP contribution in [-0.4, -0.2) is 44.7 Å². The second-order valence-electron chi connectivity index (χ2n) is 4.46. The van der Waals surface area contributed by atoms with Gasteiger partial charge in [-0.25, -0.2) is 26.4 Å². The van der Waals surface area contributed by atoms with E-state index < -0.39 is 31.1 Å². The molecule has 1 fully saturated rings. The van der Waals surface area contributed by atoms with Gasteiger partial charge >= 0.3 is 5.97 Å². The molecule has 0 saturated carbocycles. The third-order valence-corrected chi connectivity index (χ3v) is 6.76. The Labute approximate surface area is 115 Å².